The maximum atomic E-state index is 15.6. The van der Waals surface area contributed by atoms with Gasteiger partial charge < -0.3 is 15.2 Å². The van der Waals surface area contributed by atoms with E-state index in [4.69, 9.17) is 9.84 Å². The summed E-state index contributed by atoms with van der Waals surface area (Å²) in [7, 11) is -0.606. The Morgan fingerprint density at radius 1 is 1.06 bits per heavy atom. The van der Waals surface area contributed by atoms with E-state index in [1.807, 2.05) is 0 Å². The van der Waals surface area contributed by atoms with Gasteiger partial charge in [-0.25, -0.2) is 8.78 Å². The first-order valence-electron chi connectivity index (χ1n) is 14.7. The van der Waals surface area contributed by atoms with Crippen molar-refractivity contribution in [1.29, 1.82) is 0 Å². The monoisotopic (exact) mass is 674 g/mol. The highest BCUT2D eigenvalue weighted by Gasteiger charge is 2.41. The Balaban J connectivity index is 1.77. The molecule has 3 aromatic carbocycles. The molecule has 2 heterocycles. The summed E-state index contributed by atoms with van der Waals surface area (Å²) in [6, 6.07) is 13.7. The molecule has 4 aromatic rings. The number of fused-ring (bicyclic) bond motifs is 1. The highest BCUT2D eigenvalue weighted by molar-refractivity contribution is 7.85. The SMILES string of the molecule is COc1ccc(-c2c(C)c(Cc3c(F)cccc3C(F)(F)F)c3n(c2=O)C(C(NCCCC(=O)O)c2ccccc2)CS3=O)c(F)c1. The van der Waals surface area contributed by atoms with Crippen LogP contribution in [0.2, 0.25) is 0 Å². The Morgan fingerprint density at radius 3 is 2.43 bits per heavy atom. The lowest BCUT2D eigenvalue weighted by atomic mass is 9.91. The fourth-order valence-corrected chi connectivity index (χ4v) is 7.84. The first-order valence-corrected chi connectivity index (χ1v) is 16.0. The van der Waals surface area contributed by atoms with Crippen molar-refractivity contribution in [2.24, 2.45) is 0 Å². The lowest BCUT2D eigenvalue weighted by Crippen LogP contribution is -2.36. The quantitative estimate of drug-likeness (QED) is 0.138. The Hall–Kier alpha value is -4.36. The molecule has 1 aliphatic heterocycles. The van der Waals surface area contributed by atoms with Crippen LogP contribution in [0.25, 0.3) is 11.1 Å². The van der Waals surface area contributed by atoms with E-state index in [1.165, 1.54) is 30.7 Å². The molecular formula is C34H31F5N2O5S. The number of ether oxygens (including phenoxy) is 1. The molecule has 0 radical (unpaired) electrons. The molecule has 47 heavy (non-hydrogen) atoms. The minimum absolute atomic E-state index is 0.0175. The number of nitrogens with zero attached hydrogens (tertiary/aromatic N) is 1. The molecule has 0 fully saturated rings. The highest BCUT2D eigenvalue weighted by Crippen LogP contribution is 2.41. The van der Waals surface area contributed by atoms with E-state index in [2.05, 4.69) is 5.32 Å². The lowest BCUT2D eigenvalue weighted by molar-refractivity contribution is -0.138. The molecule has 5 rings (SSSR count). The van der Waals surface area contributed by atoms with E-state index in [-0.39, 0.29) is 58.2 Å². The van der Waals surface area contributed by atoms with E-state index >= 15 is 8.78 Å². The first kappa shape index (κ1) is 34.0. The van der Waals surface area contributed by atoms with E-state index < -0.39 is 69.8 Å². The van der Waals surface area contributed by atoms with Crippen molar-refractivity contribution in [3.63, 3.8) is 0 Å². The second-order valence-corrected chi connectivity index (χ2v) is 12.6. The molecule has 3 atom stereocenters. The average molecular weight is 675 g/mol. The Morgan fingerprint density at radius 2 is 1.79 bits per heavy atom. The van der Waals surface area contributed by atoms with Crippen LogP contribution >= 0.6 is 0 Å². The molecule has 248 valence electrons. The lowest BCUT2D eigenvalue weighted by Gasteiger charge is -2.28. The van der Waals surface area contributed by atoms with Gasteiger partial charge in [0.1, 0.15) is 22.4 Å². The summed E-state index contributed by atoms with van der Waals surface area (Å²) >= 11 is 0. The summed E-state index contributed by atoms with van der Waals surface area (Å²) in [6.07, 6.45) is -5.47. The maximum Gasteiger partial charge on any atom is 0.416 e. The summed E-state index contributed by atoms with van der Waals surface area (Å²) in [5, 5.41) is 12.3. The Labute approximate surface area is 269 Å². The molecule has 2 N–H and O–H groups in total. The van der Waals surface area contributed by atoms with Gasteiger partial charge >= 0.3 is 12.1 Å². The number of carboxylic acids is 1. The molecule has 0 bridgehead atoms. The summed E-state index contributed by atoms with van der Waals surface area (Å²) in [5.41, 5.74) is -2.20. The van der Waals surface area contributed by atoms with E-state index in [9.17, 15) is 27.0 Å². The van der Waals surface area contributed by atoms with E-state index in [0.29, 0.717) is 5.56 Å². The van der Waals surface area contributed by atoms with Crippen molar-refractivity contribution < 1.29 is 40.8 Å². The van der Waals surface area contributed by atoms with E-state index in [1.54, 1.807) is 30.3 Å². The summed E-state index contributed by atoms with van der Waals surface area (Å²) in [4.78, 5) is 25.6. The van der Waals surface area contributed by atoms with Crippen LogP contribution < -0.4 is 15.6 Å². The minimum Gasteiger partial charge on any atom is -0.497 e. The topological polar surface area (TPSA) is 97.6 Å². The molecule has 3 unspecified atom stereocenters. The van der Waals surface area contributed by atoms with Gasteiger partial charge in [-0.3, -0.25) is 18.4 Å². The summed E-state index contributed by atoms with van der Waals surface area (Å²) < 4.78 is 93.3. The molecule has 7 nitrogen and oxygen atoms in total. The molecule has 0 spiro atoms. The zero-order valence-electron chi connectivity index (χ0n) is 25.4. The summed E-state index contributed by atoms with van der Waals surface area (Å²) in [6.45, 7) is 1.63. The van der Waals surface area contributed by atoms with Gasteiger partial charge in [-0.1, -0.05) is 36.4 Å². The second-order valence-electron chi connectivity index (χ2n) is 11.2. The fourth-order valence-electron chi connectivity index (χ4n) is 6.10. The maximum absolute atomic E-state index is 15.6. The van der Waals surface area contributed by atoms with Crippen LogP contribution in [-0.4, -0.2) is 39.3 Å². The number of methoxy groups -OCH3 is 1. The largest absolute Gasteiger partial charge is 0.497 e. The van der Waals surface area contributed by atoms with Crippen LogP contribution in [0.5, 0.6) is 5.75 Å². The number of hydrogen-bond donors (Lipinski definition) is 2. The molecule has 0 saturated carbocycles. The number of pyridine rings is 1. The van der Waals surface area contributed by atoms with Crippen molar-refractivity contribution in [1.82, 2.24) is 9.88 Å². The van der Waals surface area contributed by atoms with Gasteiger partial charge in [0.05, 0.1) is 46.9 Å². The standard InChI is InChI=1S/C34H31F5N2O5S/c1-19-23(17-24-25(34(37,38)39)10-6-11-26(24)35)33-41(32(44)30(19)22-14-13-21(46-2)16-27(22)36)28(18-47(33)45)31(20-8-4-3-5-9-20)40-15-7-12-29(42)43/h3-6,8-11,13-14,16,28,31,40H,7,12,15,17-18H2,1-2H3,(H,42,43). The number of hydrogen-bond acceptors (Lipinski definition) is 5. The molecule has 1 aromatic heterocycles. The normalized spacial score (nSPS) is 16.6. The van der Waals surface area contributed by atoms with Gasteiger partial charge in [0.15, 0.2) is 0 Å². The number of halogens is 5. The van der Waals surface area contributed by atoms with Gasteiger partial charge in [-0.15, -0.1) is 0 Å². The summed E-state index contributed by atoms with van der Waals surface area (Å²) in [5.74, 6) is -2.93. The van der Waals surface area contributed by atoms with Crippen LogP contribution in [0.4, 0.5) is 22.0 Å². The molecule has 0 amide bonds. The third-order valence-corrected chi connectivity index (χ3v) is 9.82. The molecule has 0 saturated heterocycles. The average Bonchev–Trinajstić information content (AvgIpc) is 3.36. The smallest absolute Gasteiger partial charge is 0.416 e. The van der Waals surface area contributed by atoms with Crippen LogP contribution in [-0.2, 0) is 28.2 Å². The van der Waals surface area contributed by atoms with E-state index in [0.717, 1.165) is 24.3 Å². The van der Waals surface area contributed by atoms with Gasteiger partial charge in [0.25, 0.3) is 5.56 Å². The van der Waals surface area contributed by atoms with Crippen molar-refractivity contribution in [3.05, 3.63) is 117 Å². The van der Waals surface area contributed by atoms with Crippen molar-refractivity contribution >= 4 is 16.8 Å². The number of carbonyl (C=O) groups is 1. The number of aromatic nitrogens is 1. The first-order chi connectivity index (χ1) is 22.3. The van der Waals surface area contributed by atoms with Crippen molar-refractivity contribution in [2.75, 3.05) is 19.4 Å². The zero-order valence-corrected chi connectivity index (χ0v) is 26.2. The zero-order chi connectivity index (χ0) is 34.0. The van der Waals surface area contributed by atoms with Crippen LogP contribution in [0.1, 0.15) is 52.7 Å². The number of carboxylic acid groups (broad SMARTS) is 1. The third kappa shape index (κ3) is 6.86. The predicted molar refractivity (Wildman–Crippen MR) is 166 cm³/mol. The fraction of sp³-hybridized carbons (Fsp3) is 0.294. The predicted octanol–water partition coefficient (Wildman–Crippen LogP) is 6.58. The number of alkyl halides is 3. The molecular weight excluding hydrogens is 643 g/mol. The van der Waals surface area contributed by atoms with Gasteiger partial charge in [0, 0.05) is 30.0 Å². The second kappa shape index (κ2) is 13.8. The van der Waals surface area contributed by atoms with Crippen LogP contribution in [0, 0.1) is 18.6 Å². The van der Waals surface area contributed by atoms with Gasteiger partial charge in [-0.05, 0) is 60.8 Å². The molecule has 13 heteroatoms. The van der Waals surface area contributed by atoms with Crippen molar-refractivity contribution in [2.45, 2.75) is 49.5 Å². The minimum atomic E-state index is -4.91. The van der Waals surface area contributed by atoms with Crippen molar-refractivity contribution in [3.8, 4) is 16.9 Å². The van der Waals surface area contributed by atoms with Gasteiger partial charge in [-0.2, -0.15) is 13.2 Å². The number of rotatable bonds is 11. The number of aliphatic carboxylic acids is 1. The van der Waals surface area contributed by atoms with Crippen LogP contribution in [0.3, 0.4) is 0 Å². The Kier molecular flexibility index (Phi) is 9.97. The highest BCUT2D eigenvalue weighted by atomic mass is 32.2. The molecule has 1 aliphatic rings. The number of benzene rings is 3. The molecule has 0 aliphatic carbocycles. The third-order valence-electron chi connectivity index (χ3n) is 8.31. The Bertz CT molecular complexity index is 1890. The number of nitrogens with one attached hydrogen (secondary N) is 1. The van der Waals surface area contributed by atoms with Crippen LogP contribution in [0.15, 0.2) is 76.6 Å². The van der Waals surface area contributed by atoms with Gasteiger partial charge in [0.2, 0.25) is 0 Å².